The first-order valence-corrected chi connectivity index (χ1v) is 11.0. The number of benzene rings is 1. The van der Waals surface area contributed by atoms with E-state index in [0.717, 1.165) is 54.4 Å². The Hall–Kier alpha value is -2.55. The highest BCUT2D eigenvalue weighted by molar-refractivity contribution is 5.82. The molecule has 5 rings (SSSR count). The summed E-state index contributed by atoms with van der Waals surface area (Å²) in [5.74, 6) is 2.54. The van der Waals surface area contributed by atoms with Gasteiger partial charge in [-0.15, -0.1) is 0 Å². The van der Waals surface area contributed by atoms with Gasteiger partial charge in [0.25, 0.3) is 0 Å². The number of fused-ring (bicyclic) bond motifs is 1. The van der Waals surface area contributed by atoms with E-state index in [4.69, 9.17) is 4.74 Å². The summed E-state index contributed by atoms with van der Waals surface area (Å²) in [5.41, 5.74) is 3.42. The second-order valence-corrected chi connectivity index (χ2v) is 8.78. The molecule has 2 aliphatic heterocycles. The van der Waals surface area contributed by atoms with Crippen LogP contribution in [0.1, 0.15) is 29.3 Å². The minimum atomic E-state index is -0.361. The minimum Gasteiger partial charge on any atom is -0.391 e. The Kier molecular flexibility index (Phi) is 5.37. The highest BCUT2D eigenvalue weighted by Gasteiger charge is 2.29. The summed E-state index contributed by atoms with van der Waals surface area (Å²) in [5, 5.41) is 16.5. The maximum absolute atomic E-state index is 10.7. The Labute approximate surface area is 182 Å². The normalized spacial score (nSPS) is 22.9. The van der Waals surface area contributed by atoms with Crippen LogP contribution < -0.4 is 4.90 Å². The van der Waals surface area contributed by atoms with Crippen LogP contribution in [-0.2, 0) is 4.74 Å². The molecule has 164 valence electrons. The van der Waals surface area contributed by atoms with Gasteiger partial charge in [-0.1, -0.05) is 0 Å². The predicted molar refractivity (Wildman–Crippen MR) is 120 cm³/mol. The molecule has 4 heterocycles. The second-order valence-electron chi connectivity index (χ2n) is 8.78. The molecule has 0 radical (unpaired) electrons. The minimum absolute atomic E-state index is 0.139. The summed E-state index contributed by atoms with van der Waals surface area (Å²) >= 11 is 0. The quantitative estimate of drug-likeness (QED) is 0.692. The zero-order valence-corrected chi connectivity index (χ0v) is 18.5. The van der Waals surface area contributed by atoms with E-state index < -0.39 is 0 Å². The zero-order chi connectivity index (χ0) is 21.5. The molecule has 31 heavy (non-hydrogen) atoms. The molecule has 2 atom stereocenters. The average Bonchev–Trinajstić information content (AvgIpc) is 3.16. The number of likely N-dealkylation sites (N-methyl/N-ethyl adjacent to an activating group) is 1. The van der Waals surface area contributed by atoms with E-state index in [1.165, 1.54) is 11.1 Å². The van der Waals surface area contributed by atoms with Gasteiger partial charge in [0.1, 0.15) is 11.6 Å². The number of aryl methyl sites for hydroxylation is 2. The zero-order valence-electron chi connectivity index (χ0n) is 18.5. The first-order valence-electron chi connectivity index (χ1n) is 11.0. The average molecular weight is 423 g/mol. The van der Waals surface area contributed by atoms with Crippen molar-refractivity contribution in [1.82, 2.24) is 24.6 Å². The van der Waals surface area contributed by atoms with Crippen molar-refractivity contribution in [3.05, 3.63) is 41.3 Å². The Bertz CT molecular complexity index is 1090. The number of nitrogens with zero attached hydrogens (tertiary/aromatic N) is 6. The fraction of sp³-hybridized carbons (Fsp3) is 0.522. The standard InChI is InChI=1S/C23H30N6O2/c1-15-10-17-13-24-29(20(17)11-19(15)18-4-5-27(3)14-21(18)30)23-12-22(25-16(2)26-23)28-6-8-31-9-7-28/h10-13,18,21,30H,4-9,14H2,1-3H3/t18-,21+/m0/s1. The summed E-state index contributed by atoms with van der Waals surface area (Å²) in [6.07, 6.45) is 2.48. The molecule has 2 aliphatic rings. The first-order chi connectivity index (χ1) is 15.0. The smallest absolute Gasteiger partial charge is 0.159 e. The lowest BCUT2D eigenvalue weighted by Crippen LogP contribution is -2.40. The van der Waals surface area contributed by atoms with Crippen molar-refractivity contribution in [2.75, 3.05) is 51.3 Å². The Morgan fingerprint density at radius 3 is 2.58 bits per heavy atom. The van der Waals surface area contributed by atoms with Gasteiger partial charge in [-0.25, -0.2) is 14.6 Å². The maximum Gasteiger partial charge on any atom is 0.159 e. The summed E-state index contributed by atoms with van der Waals surface area (Å²) in [4.78, 5) is 13.8. The van der Waals surface area contributed by atoms with Crippen molar-refractivity contribution in [1.29, 1.82) is 0 Å². The van der Waals surface area contributed by atoms with E-state index in [-0.39, 0.29) is 12.0 Å². The van der Waals surface area contributed by atoms with E-state index in [9.17, 15) is 5.11 Å². The Morgan fingerprint density at radius 2 is 1.81 bits per heavy atom. The molecule has 8 nitrogen and oxygen atoms in total. The molecular formula is C23H30N6O2. The summed E-state index contributed by atoms with van der Waals surface area (Å²) in [6.45, 7) is 8.82. The molecule has 0 aliphatic carbocycles. The van der Waals surface area contributed by atoms with Crippen LogP contribution in [0.15, 0.2) is 24.4 Å². The number of likely N-dealkylation sites (tertiary alicyclic amines) is 1. The molecule has 2 fully saturated rings. The van der Waals surface area contributed by atoms with E-state index in [2.05, 4.69) is 51.0 Å². The highest BCUT2D eigenvalue weighted by atomic mass is 16.5. The van der Waals surface area contributed by atoms with Gasteiger partial charge in [-0.2, -0.15) is 5.10 Å². The summed E-state index contributed by atoms with van der Waals surface area (Å²) < 4.78 is 7.38. The number of anilines is 1. The second kappa shape index (κ2) is 8.18. The van der Waals surface area contributed by atoms with Gasteiger partial charge < -0.3 is 19.6 Å². The molecule has 2 saturated heterocycles. The number of hydrogen-bond donors (Lipinski definition) is 1. The van der Waals surface area contributed by atoms with Gasteiger partial charge in [0.15, 0.2) is 5.82 Å². The summed E-state index contributed by atoms with van der Waals surface area (Å²) in [6, 6.07) is 6.38. The topological polar surface area (TPSA) is 79.5 Å². The first kappa shape index (κ1) is 20.4. The molecule has 0 spiro atoms. The number of morpholine rings is 1. The number of rotatable bonds is 3. The van der Waals surface area contributed by atoms with Gasteiger partial charge in [0.05, 0.1) is 31.0 Å². The van der Waals surface area contributed by atoms with Crippen molar-refractivity contribution in [2.24, 2.45) is 0 Å². The van der Waals surface area contributed by atoms with Crippen LogP contribution in [0.2, 0.25) is 0 Å². The lowest BCUT2D eigenvalue weighted by atomic mass is 9.84. The molecule has 0 saturated carbocycles. The van der Waals surface area contributed by atoms with Crippen molar-refractivity contribution in [3.63, 3.8) is 0 Å². The van der Waals surface area contributed by atoms with E-state index in [1.54, 1.807) is 0 Å². The Balaban J connectivity index is 1.56. The fourth-order valence-corrected chi connectivity index (χ4v) is 4.84. The van der Waals surface area contributed by atoms with Crippen molar-refractivity contribution >= 4 is 16.7 Å². The van der Waals surface area contributed by atoms with Crippen molar-refractivity contribution in [2.45, 2.75) is 32.3 Å². The van der Waals surface area contributed by atoms with Crippen LogP contribution in [0.25, 0.3) is 16.7 Å². The van der Waals surface area contributed by atoms with Crippen molar-refractivity contribution < 1.29 is 9.84 Å². The Morgan fingerprint density at radius 1 is 1.03 bits per heavy atom. The third-order valence-corrected chi connectivity index (χ3v) is 6.50. The fourth-order valence-electron chi connectivity index (χ4n) is 4.84. The third kappa shape index (κ3) is 3.91. The maximum atomic E-state index is 10.7. The third-order valence-electron chi connectivity index (χ3n) is 6.50. The molecule has 0 unspecified atom stereocenters. The van der Waals surface area contributed by atoms with Gasteiger partial charge in [0, 0.05) is 37.0 Å². The van der Waals surface area contributed by atoms with Crippen LogP contribution in [0, 0.1) is 13.8 Å². The van der Waals surface area contributed by atoms with Crippen LogP contribution in [0.3, 0.4) is 0 Å². The van der Waals surface area contributed by atoms with E-state index in [1.807, 2.05) is 23.9 Å². The van der Waals surface area contributed by atoms with Gasteiger partial charge in [-0.3, -0.25) is 0 Å². The number of hydrogen-bond acceptors (Lipinski definition) is 7. The van der Waals surface area contributed by atoms with Crippen molar-refractivity contribution in [3.8, 4) is 5.82 Å². The van der Waals surface area contributed by atoms with Crippen LogP contribution >= 0.6 is 0 Å². The molecule has 0 amide bonds. The molecule has 3 aromatic rings. The van der Waals surface area contributed by atoms with Crippen LogP contribution in [-0.4, -0.2) is 82.3 Å². The van der Waals surface area contributed by atoms with Crippen LogP contribution in [0.5, 0.6) is 0 Å². The molecule has 2 aromatic heterocycles. The molecular weight excluding hydrogens is 392 g/mol. The van der Waals surface area contributed by atoms with Gasteiger partial charge in [0.2, 0.25) is 0 Å². The van der Waals surface area contributed by atoms with E-state index >= 15 is 0 Å². The van der Waals surface area contributed by atoms with E-state index in [0.29, 0.717) is 19.8 Å². The van der Waals surface area contributed by atoms with Crippen LogP contribution in [0.4, 0.5) is 5.82 Å². The summed E-state index contributed by atoms with van der Waals surface area (Å²) in [7, 11) is 2.06. The van der Waals surface area contributed by atoms with Gasteiger partial charge in [-0.05, 0) is 57.1 Å². The SMILES string of the molecule is Cc1nc(N2CCOCC2)cc(-n2ncc3cc(C)c([C@@H]4CCN(C)C[C@H]4O)cc32)n1. The predicted octanol–water partition coefficient (Wildman–Crippen LogP) is 2.05. The number of β-amino-alcohol motifs (C(OH)–C–C–N with tert-alkyl or cyclic N) is 1. The number of aliphatic hydroxyl groups is 1. The largest absolute Gasteiger partial charge is 0.391 e. The monoisotopic (exact) mass is 422 g/mol. The number of aromatic nitrogens is 4. The number of aliphatic hydroxyl groups excluding tert-OH is 1. The van der Waals surface area contributed by atoms with Gasteiger partial charge >= 0.3 is 0 Å². The number of piperidine rings is 1. The lowest BCUT2D eigenvalue weighted by Gasteiger charge is -2.34. The molecule has 8 heteroatoms. The highest BCUT2D eigenvalue weighted by Crippen LogP contribution is 2.33. The molecule has 0 bridgehead atoms. The lowest BCUT2D eigenvalue weighted by molar-refractivity contribution is 0.0636. The molecule has 1 N–H and O–H groups in total. The number of ether oxygens (including phenoxy) is 1. The molecule has 1 aromatic carbocycles.